The zero-order chi connectivity index (χ0) is 24.3. The van der Waals surface area contributed by atoms with E-state index in [0.717, 1.165) is 0 Å². The summed E-state index contributed by atoms with van der Waals surface area (Å²) < 4.78 is 46.9. The summed E-state index contributed by atoms with van der Waals surface area (Å²) in [5.74, 6) is -1.59. The van der Waals surface area contributed by atoms with Crippen LogP contribution in [0.1, 0.15) is 17.4 Å². The van der Waals surface area contributed by atoms with Gasteiger partial charge in [-0.15, -0.1) is 0 Å². The zero-order valence-electron chi connectivity index (χ0n) is 18.4. The van der Waals surface area contributed by atoms with Gasteiger partial charge in [-0.3, -0.25) is 9.36 Å². The Balaban J connectivity index is 1.37. The van der Waals surface area contributed by atoms with Gasteiger partial charge >= 0.3 is 5.97 Å². The normalized spacial score (nSPS) is 15.6. The van der Waals surface area contributed by atoms with E-state index in [1.165, 1.54) is 69.6 Å². The molecule has 1 aliphatic rings. The number of rotatable bonds is 6. The van der Waals surface area contributed by atoms with Crippen LogP contribution in [0.5, 0.6) is 0 Å². The highest BCUT2D eigenvalue weighted by Gasteiger charge is 2.32. The molecule has 0 spiro atoms. The molecular formula is C23H23FN4O5S. The van der Waals surface area contributed by atoms with Gasteiger partial charge in [0.15, 0.2) is 11.8 Å². The lowest BCUT2D eigenvalue weighted by Gasteiger charge is -2.35. The number of halogens is 1. The Morgan fingerprint density at radius 2 is 1.65 bits per heavy atom. The third-order valence-corrected chi connectivity index (χ3v) is 7.43. The van der Waals surface area contributed by atoms with Gasteiger partial charge in [0.2, 0.25) is 10.0 Å². The second-order valence-electron chi connectivity index (χ2n) is 7.72. The van der Waals surface area contributed by atoms with Crippen molar-refractivity contribution in [1.82, 2.24) is 18.8 Å². The van der Waals surface area contributed by atoms with Crippen LogP contribution in [0.3, 0.4) is 0 Å². The fraction of sp³-hybridized carbons (Fsp3) is 0.261. The molecule has 0 bridgehead atoms. The molecule has 0 radical (unpaired) electrons. The van der Waals surface area contributed by atoms with Crippen LogP contribution in [0.4, 0.5) is 4.39 Å². The monoisotopic (exact) mass is 486 g/mol. The summed E-state index contributed by atoms with van der Waals surface area (Å²) in [6.45, 7) is 2.11. The molecule has 34 heavy (non-hydrogen) atoms. The maximum atomic E-state index is 13.2. The van der Waals surface area contributed by atoms with Crippen molar-refractivity contribution in [1.29, 1.82) is 0 Å². The van der Waals surface area contributed by atoms with E-state index < -0.39 is 33.8 Å². The highest BCUT2D eigenvalue weighted by atomic mass is 32.2. The van der Waals surface area contributed by atoms with E-state index in [1.807, 2.05) is 0 Å². The van der Waals surface area contributed by atoms with Gasteiger partial charge in [-0.2, -0.15) is 4.31 Å². The van der Waals surface area contributed by atoms with Crippen molar-refractivity contribution < 1.29 is 27.1 Å². The molecule has 2 heterocycles. The Hall–Kier alpha value is -3.57. The third-order valence-electron chi connectivity index (χ3n) is 5.52. The number of imidazole rings is 1. The minimum atomic E-state index is -3.64. The van der Waals surface area contributed by atoms with E-state index in [1.54, 1.807) is 18.2 Å². The number of hydrogen-bond donors (Lipinski definition) is 0. The van der Waals surface area contributed by atoms with Crippen LogP contribution < -0.4 is 0 Å². The number of hydrogen-bond acceptors (Lipinski definition) is 6. The fourth-order valence-corrected chi connectivity index (χ4v) is 5.12. The fourth-order valence-electron chi connectivity index (χ4n) is 3.67. The SMILES string of the molecule is C[C@H](OC(=O)c1cncn1-c1ccc(F)cc1)C(=O)N1CCN(S(=O)(=O)c2ccccc2)CC1. The van der Waals surface area contributed by atoms with Crippen molar-refractivity contribution in [2.24, 2.45) is 0 Å². The molecule has 178 valence electrons. The Bertz CT molecular complexity index is 1270. The summed E-state index contributed by atoms with van der Waals surface area (Å²) in [5.41, 5.74) is 0.602. The molecule has 1 saturated heterocycles. The van der Waals surface area contributed by atoms with Crippen LogP contribution in [0.25, 0.3) is 5.69 Å². The first-order chi connectivity index (χ1) is 16.3. The lowest BCUT2D eigenvalue weighted by molar-refractivity contribution is -0.141. The Labute approximate surface area is 196 Å². The smallest absolute Gasteiger partial charge is 0.357 e. The van der Waals surface area contributed by atoms with Crippen molar-refractivity contribution in [3.8, 4) is 5.69 Å². The van der Waals surface area contributed by atoms with Gasteiger partial charge in [0.25, 0.3) is 5.91 Å². The van der Waals surface area contributed by atoms with Gasteiger partial charge in [0, 0.05) is 31.9 Å². The number of aromatic nitrogens is 2. The molecule has 11 heteroatoms. The first kappa shape index (κ1) is 23.6. The molecule has 2 aromatic carbocycles. The van der Waals surface area contributed by atoms with E-state index in [0.29, 0.717) is 5.69 Å². The molecule has 9 nitrogen and oxygen atoms in total. The molecule has 3 aromatic rings. The number of carbonyl (C=O) groups is 2. The predicted octanol–water partition coefficient (Wildman–Crippen LogP) is 2.09. The molecule has 0 saturated carbocycles. The van der Waals surface area contributed by atoms with Crippen LogP contribution in [0.15, 0.2) is 72.0 Å². The van der Waals surface area contributed by atoms with Crippen LogP contribution >= 0.6 is 0 Å². The number of piperazine rings is 1. The maximum absolute atomic E-state index is 13.2. The van der Waals surface area contributed by atoms with Crippen LogP contribution in [0, 0.1) is 5.82 Å². The van der Waals surface area contributed by atoms with Crippen molar-refractivity contribution in [2.45, 2.75) is 17.9 Å². The minimum absolute atomic E-state index is 0.0880. The summed E-state index contributed by atoms with van der Waals surface area (Å²) in [6, 6.07) is 13.6. The largest absolute Gasteiger partial charge is 0.448 e. The van der Waals surface area contributed by atoms with E-state index in [4.69, 9.17) is 4.74 Å². The predicted molar refractivity (Wildman–Crippen MR) is 120 cm³/mol. The number of benzene rings is 2. The van der Waals surface area contributed by atoms with Gasteiger partial charge in [0.1, 0.15) is 5.82 Å². The molecular weight excluding hydrogens is 463 g/mol. The van der Waals surface area contributed by atoms with Crippen LogP contribution in [-0.2, 0) is 19.6 Å². The quantitative estimate of drug-likeness (QED) is 0.495. The summed E-state index contributed by atoms with van der Waals surface area (Å²) in [6.07, 6.45) is 1.61. The van der Waals surface area contributed by atoms with E-state index >= 15 is 0 Å². The molecule has 0 N–H and O–H groups in total. The zero-order valence-corrected chi connectivity index (χ0v) is 19.2. The maximum Gasteiger partial charge on any atom is 0.357 e. The first-order valence-corrected chi connectivity index (χ1v) is 12.0. The summed E-state index contributed by atoms with van der Waals surface area (Å²) in [4.78, 5) is 31.2. The second-order valence-corrected chi connectivity index (χ2v) is 9.65. The van der Waals surface area contributed by atoms with E-state index in [9.17, 15) is 22.4 Å². The summed E-state index contributed by atoms with van der Waals surface area (Å²) >= 11 is 0. The topological polar surface area (TPSA) is 102 Å². The van der Waals surface area contributed by atoms with Gasteiger partial charge in [0.05, 0.1) is 17.4 Å². The number of esters is 1. The first-order valence-electron chi connectivity index (χ1n) is 10.6. The van der Waals surface area contributed by atoms with Crippen molar-refractivity contribution >= 4 is 21.9 Å². The standard InChI is InChI=1S/C23H23FN4O5S/c1-17(33-23(30)21-15-25-16-28(21)19-9-7-18(24)8-10-19)22(29)26-11-13-27(14-12-26)34(31,32)20-5-3-2-4-6-20/h2-10,15-17H,11-14H2,1H3/t17-/m0/s1. The molecule has 1 amide bonds. The number of sulfonamides is 1. The third kappa shape index (κ3) is 4.85. The van der Waals surface area contributed by atoms with Gasteiger partial charge in [-0.05, 0) is 43.3 Å². The number of carbonyl (C=O) groups excluding carboxylic acids is 2. The molecule has 0 aliphatic carbocycles. The van der Waals surface area contributed by atoms with E-state index in [-0.39, 0.29) is 36.8 Å². The molecule has 0 unspecified atom stereocenters. The summed E-state index contributed by atoms with van der Waals surface area (Å²) in [7, 11) is -3.64. The number of nitrogens with zero attached hydrogens (tertiary/aromatic N) is 4. The van der Waals surface area contributed by atoms with Crippen molar-refractivity contribution in [3.05, 3.63) is 78.6 Å². The Morgan fingerprint density at radius 1 is 1.00 bits per heavy atom. The van der Waals surface area contributed by atoms with Gasteiger partial charge in [-0.25, -0.2) is 22.6 Å². The number of ether oxygens (including phenoxy) is 1. The highest BCUT2D eigenvalue weighted by Crippen LogP contribution is 2.18. The molecule has 1 aromatic heterocycles. The van der Waals surface area contributed by atoms with Crippen molar-refractivity contribution in [3.63, 3.8) is 0 Å². The van der Waals surface area contributed by atoms with Gasteiger partial charge in [-0.1, -0.05) is 18.2 Å². The Morgan fingerprint density at radius 3 is 2.29 bits per heavy atom. The average Bonchev–Trinajstić information content (AvgIpc) is 3.35. The highest BCUT2D eigenvalue weighted by molar-refractivity contribution is 7.89. The lowest BCUT2D eigenvalue weighted by Crippen LogP contribution is -2.52. The average molecular weight is 487 g/mol. The molecule has 4 rings (SSSR count). The van der Waals surface area contributed by atoms with Crippen molar-refractivity contribution in [2.75, 3.05) is 26.2 Å². The van der Waals surface area contributed by atoms with Crippen LogP contribution in [-0.4, -0.2) is 71.3 Å². The molecule has 1 aliphatic heterocycles. The minimum Gasteiger partial charge on any atom is -0.448 e. The lowest BCUT2D eigenvalue weighted by atomic mass is 10.3. The molecule has 1 atom stereocenters. The van der Waals surface area contributed by atoms with Gasteiger partial charge < -0.3 is 9.64 Å². The second kappa shape index (κ2) is 9.74. The Kier molecular flexibility index (Phi) is 6.75. The van der Waals surface area contributed by atoms with E-state index in [2.05, 4.69) is 4.98 Å². The van der Waals surface area contributed by atoms with Crippen LogP contribution in [0.2, 0.25) is 0 Å². The number of amides is 1. The summed E-state index contributed by atoms with van der Waals surface area (Å²) in [5, 5.41) is 0. The molecule has 1 fully saturated rings.